The quantitative estimate of drug-likeness (QED) is 0.843. The highest BCUT2D eigenvalue weighted by atomic mass is 16.5. The number of aromatic amines is 1. The van der Waals surface area contributed by atoms with Crippen LogP contribution in [0.3, 0.4) is 0 Å². The fourth-order valence-electron chi connectivity index (χ4n) is 1.57. The summed E-state index contributed by atoms with van der Waals surface area (Å²) in [5.41, 5.74) is 2.56. The maximum atomic E-state index is 8.80. The minimum atomic E-state index is 0.590. The van der Waals surface area contributed by atoms with Crippen LogP contribution in [-0.2, 0) is 6.54 Å². The second-order valence-corrected chi connectivity index (χ2v) is 3.58. The zero-order valence-corrected chi connectivity index (χ0v) is 9.53. The molecule has 1 aromatic carbocycles. The van der Waals surface area contributed by atoms with Crippen molar-refractivity contribution in [2.75, 3.05) is 12.4 Å². The molecule has 0 spiro atoms. The van der Waals surface area contributed by atoms with Gasteiger partial charge in [0.05, 0.1) is 31.0 Å². The van der Waals surface area contributed by atoms with Crippen molar-refractivity contribution in [2.45, 2.75) is 6.54 Å². The molecular weight excluding hydrogens is 214 g/mol. The third-order valence-electron chi connectivity index (χ3n) is 2.46. The molecule has 1 heterocycles. The van der Waals surface area contributed by atoms with Crippen LogP contribution >= 0.6 is 0 Å². The molecular formula is C13H13N3O. The van der Waals surface area contributed by atoms with E-state index in [4.69, 9.17) is 10.00 Å². The Morgan fingerprint density at radius 3 is 2.94 bits per heavy atom. The Kier molecular flexibility index (Phi) is 3.31. The second kappa shape index (κ2) is 5.08. The number of benzene rings is 1. The Bertz CT molecular complexity index is 526. The fraction of sp³-hybridized carbons (Fsp3) is 0.154. The van der Waals surface area contributed by atoms with E-state index in [1.807, 2.05) is 24.4 Å². The van der Waals surface area contributed by atoms with Crippen LogP contribution in [0.25, 0.3) is 0 Å². The number of rotatable bonds is 4. The number of ether oxygens (including phenoxy) is 1. The normalized spacial score (nSPS) is 9.65. The summed E-state index contributed by atoms with van der Waals surface area (Å²) >= 11 is 0. The lowest BCUT2D eigenvalue weighted by molar-refractivity contribution is 0.416. The van der Waals surface area contributed by atoms with Crippen molar-refractivity contribution >= 4 is 5.69 Å². The molecule has 2 N–H and O–H groups in total. The van der Waals surface area contributed by atoms with E-state index in [0.29, 0.717) is 17.9 Å². The van der Waals surface area contributed by atoms with Crippen molar-refractivity contribution in [3.05, 3.63) is 47.8 Å². The minimum Gasteiger partial charge on any atom is -0.495 e. The number of H-pyrrole nitrogens is 1. The van der Waals surface area contributed by atoms with Crippen LogP contribution in [0, 0.1) is 11.3 Å². The maximum Gasteiger partial charge on any atom is 0.143 e. The highest BCUT2D eigenvalue weighted by Crippen LogP contribution is 2.25. The van der Waals surface area contributed by atoms with Crippen LogP contribution in [0.2, 0.25) is 0 Å². The standard InChI is InChI=1S/C13H13N3O/c1-17-13-7-10(8-14)4-5-12(13)16-9-11-3-2-6-15-11/h2-7,15-16H,9H2,1H3. The summed E-state index contributed by atoms with van der Waals surface area (Å²) in [6.45, 7) is 0.690. The zero-order chi connectivity index (χ0) is 12.1. The van der Waals surface area contributed by atoms with Gasteiger partial charge in [0.15, 0.2) is 0 Å². The van der Waals surface area contributed by atoms with Crippen LogP contribution in [0.4, 0.5) is 5.69 Å². The molecule has 0 aliphatic rings. The largest absolute Gasteiger partial charge is 0.495 e. The lowest BCUT2D eigenvalue weighted by Crippen LogP contribution is -2.01. The first-order valence-electron chi connectivity index (χ1n) is 5.28. The van der Waals surface area contributed by atoms with E-state index in [-0.39, 0.29) is 0 Å². The Morgan fingerprint density at radius 2 is 2.29 bits per heavy atom. The first-order chi connectivity index (χ1) is 8.33. The van der Waals surface area contributed by atoms with Crippen molar-refractivity contribution < 1.29 is 4.74 Å². The van der Waals surface area contributed by atoms with Gasteiger partial charge in [-0.15, -0.1) is 0 Å². The van der Waals surface area contributed by atoms with Crippen molar-refractivity contribution in [3.63, 3.8) is 0 Å². The van der Waals surface area contributed by atoms with Gasteiger partial charge in [-0.1, -0.05) is 0 Å². The van der Waals surface area contributed by atoms with E-state index in [9.17, 15) is 0 Å². The molecule has 0 unspecified atom stereocenters. The number of hydrogen-bond donors (Lipinski definition) is 2. The van der Waals surface area contributed by atoms with Crippen LogP contribution in [-0.4, -0.2) is 12.1 Å². The molecule has 0 radical (unpaired) electrons. The van der Waals surface area contributed by atoms with Gasteiger partial charge >= 0.3 is 0 Å². The Balaban J connectivity index is 2.13. The van der Waals surface area contributed by atoms with E-state index in [2.05, 4.69) is 16.4 Å². The zero-order valence-electron chi connectivity index (χ0n) is 9.53. The fourth-order valence-corrected chi connectivity index (χ4v) is 1.57. The number of hydrogen-bond acceptors (Lipinski definition) is 3. The molecule has 0 atom stereocenters. The minimum absolute atomic E-state index is 0.590. The monoisotopic (exact) mass is 227 g/mol. The van der Waals surface area contributed by atoms with Gasteiger partial charge in [0.25, 0.3) is 0 Å². The van der Waals surface area contributed by atoms with E-state index in [1.165, 1.54) is 0 Å². The molecule has 0 aliphatic carbocycles. The van der Waals surface area contributed by atoms with Crippen molar-refractivity contribution in [1.29, 1.82) is 5.26 Å². The van der Waals surface area contributed by atoms with Gasteiger partial charge in [-0.05, 0) is 24.3 Å². The molecule has 2 rings (SSSR count). The average molecular weight is 227 g/mol. The lowest BCUT2D eigenvalue weighted by atomic mass is 10.2. The van der Waals surface area contributed by atoms with E-state index in [1.54, 1.807) is 19.2 Å². The summed E-state index contributed by atoms with van der Waals surface area (Å²) in [6, 6.07) is 11.4. The summed E-state index contributed by atoms with van der Waals surface area (Å²) in [5.74, 6) is 0.676. The highest BCUT2D eigenvalue weighted by Gasteiger charge is 2.04. The first-order valence-corrected chi connectivity index (χ1v) is 5.28. The van der Waals surface area contributed by atoms with Crippen molar-refractivity contribution in [3.8, 4) is 11.8 Å². The summed E-state index contributed by atoms with van der Waals surface area (Å²) in [5, 5.41) is 12.0. The van der Waals surface area contributed by atoms with Crippen LogP contribution in [0.5, 0.6) is 5.75 Å². The number of nitrogens with zero attached hydrogens (tertiary/aromatic N) is 1. The van der Waals surface area contributed by atoms with Crippen LogP contribution < -0.4 is 10.1 Å². The van der Waals surface area contributed by atoms with Gasteiger partial charge in [-0.3, -0.25) is 0 Å². The predicted molar refractivity (Wildman–Crippen MR) is 65.8 cm³/mol. The molecule has 1 aromatic heterocycles. The molecule has 86 valence electrons. The Hall–Kier alpha value is -2.41. The number of anilines is 1. The van der Waals surface area contributed by atoms with Gasteiger partial charge in [-0.25, -0.2) is 0 Å². The molecule has 0 amide bonds. The van der Waals surface area contributed by atoms with Crippen LogP contribution in [0.15, 0.2) is 36.5 Å². The molecule has 2 aromatic rings. The van der Waals surface area contributed by atoms with E-state index < -0.39 is 0 Å². The highest BCUT2D eigenvalue weighted by molar-refractivity contribution is 5.59. The predicted octanol–water partition coefficient (Wildman–Crippen LogP) is 2.51. The van der Waals surface area contributed by atoms with Gasteiger partial charge in [0.2, 0.25) is 0 Å². The maximum absolute atomic E-state index is 8.80. The topological polar surface area (TPSA) is 60.8 Å². The number of nitrogens with one attached hydrogen (secondary N) is 2. The second-order valence-electron chi connectivity index (χ2n) is 3.58. The Morgan fingerprint density at radius 1 is 1.41 bits per heavy atom. The SMILES string of the molecule is COc1cc(C#N)ccc1NCc1ccc[nH]1. The lowest BCUT2D eigenvalue weighted by Gasteiger charge is -2.10. The molecule has 0 bridgehead atoms. The molecule has 17 heavy (non-hydrogen) atoms. The van der Waals surface area contributed by atoms with Gasteiger partial charge in [0.1, 0.15) is 5.75 Å². The van der Waals surface area contributed by atoms with Gasteiger partial charge < -0.3 is 15.0 Å². The summed E-state index contributed by atoms with van der Waals surface area (Å²) < 4.78 is 5.23. The summed E-state index contributed by atoms with van der Waals surface area (Å²) in [4.78, 5) is 3.11. The van der Waals surface area contributed by atoms with E-state index in [0.717, 1.165) is 11.4 Å². The van der Waals surface area contributed by atoms with Crippen LogP contribution in [0.1, 0.15) is 11.3 Å². The molecule has 0 saturated carbocycles. The third-order valence-corrected chi connectivity index (χ3v) is 2.46. The summed E-state index contributed by atoms with van der Waals surface area (Å²) in [7, 11) is 1.59. The smallest absolute Gasteiger partial charge is 0.143 e. The number of aromatic nitrogens is 1. The van der Waals surface area contributed by atoms with Gasteiger partial charge in [0, 0.05) is 18.0 Å². The van der Waals surface area contributed by atoms with Crippen molar-refractivity contribution in [2.24, 2.45) is 0 Å². The average Bonchev–Trinajstić information content (AvgIpc) is 2.89. The van der Waals surface area contributed by atoms with Gasteiger partial charge in [-0.2, -0.15) is 5.26 Å². The first kappa shape index (κ1) is 11.1. The molecule has 0 fully saturated rings. The summed E-state index contributed by atoms with van der Waals surface area (Å²) in [6.07, 6.45) is 1.88. The van der Waals surface area contributed by atoms with Crippen molar-refractivity contribution in [1.82, 2.24) is 4.98 Å². The third kappa shape index (κ3) is 2.58. The van der Waals surface area contributed by atoms with E-state index >= 15 is 0 Å². The molecule has 0 saturated heterocycles. The molecule has 0 aliphatic heterocycles. The number of nitriles is 1. The molecule has 4 nitrogen and oxygen atoms in total. The Labute approximate surface area is 99.8 Å². The molecule has 4 heteroatoms. The number of methoxy groups -OCH3 is 1.